The Balaban J connectivity index is 2.10. The average molecular weight is 393 g/mol. The van der Waals surface area contributed by atoms with Crippen molar-refractivity contribution in [1.82, 2.24) is 0 Å². The van der Waals surface area contributed by atoms with Gasteiger partial charge in [0.2, 0.25) is 5.88 Å². The molecule has 1 aliphatic heterocycles. The molecule has 7 nitrogen and oxygen atoms in total. The van der Waals surface area contributed by atoms with Crippen LogP contribution < -0.4 is 10.5 Å². The fourth-order valence-electron chi connectivity index (χ4n) is 3.68. The number of nitriles is 1. The van der Waals surface area contributed by atoms with Gasteiger partial charge in [-0.1, -0.05) is 44.4 Å². The van der Waals surface area contributed by atoms with Crippen LogP contribution in [-0.4, -0.2) is 10.0 Å². The molecule has 150 valence electrons. The second-order valence-corrected chi connectivity index (χ2v) is 7.07. The zero-order valence-electron chi connectivity index (χ0n) is 16.2. The van der Waals surface area contributed by atoms with Crippen molar-refractivity contribution in [2.45, 2.75) is 44.9 Å². The third kappa shape index (κ3) is 4.02. The van der Waals surface area contributed by atoms with Gasteiger partial charge in [0.1, 0.15) is 23.1 Å². The lowest BCUT2D eigenvalue weighted by Crippen LogP contribution is -2.21. The van der Waals surface area contributed by atoms with Gasteiger partial charge in [0, 0.05) is 17.7 Å². The van der Waals surface area contributed by atoms with Gasteiger partial charge in [0.05, 0.1) is 10.8 Å². The van der Waals surface area contributed by atoms with E-state index >= 15 is 0 Å². The van der Waals surface area contributed by atoms with Gasteiger partial charge < -0.3 is 15.6 Å². The molecule has 3 N–H and O–H groups in total. The maximum absolute atomic E-state index is 11.2. The molecule has 0 amide bonds. The van der Waals surface area contributed by atoms with Gasteiger partial charge in [-0.2, -0.15) is 5.26 Å². The van der Waals surface area contributed by atoms with Crippen molar-refractivity contribution in [2.75, 3.05) is 0 Å². The summed E-state index contributed by atoms with van der Waals surface area (Å²) in [6.07, 6.45) is 4.94. The van der Waals surface area contributed by atoms with Crippen LogP contribution in [0, 0.1) is 21.4 Å². The van der Waals surface area contributed by atoms with Crippen LogP contribution in [0.4, 0.5) is 5.69 Å². The molecular formula is C22H23N3O4. The largest absolute Gasteiger partial charge is 0.507 e. The molecule has 0 saturated heterocycles. The summed E-state index contributed by atoms with van der Waals surface area (Å²) in [5.74, 6) is -0.394. The van der Waals surface area contributed by atoms with Crippen LogP contribution in [0.5, 0.6) is 11.5 Å². The standard InChI is InChI=1S/C22H23N3O4/c1-2-3-4-5-7-14-10-11-18-20(21(14)26)19(17(13-23)22(24)29-18)15-8-6-9-16(12-15)25(27)28/h6,8-12,19,26H,2-5,7,24H2,1H3. The minimum absolute atomic E-state index is 0.0516. The van der Waals surface area contributed by atoms with Crippen molar-refractivity contribution in [3.8, 4) is 17.6 Å². The lowest BCUT2D eigenvalue weighted by Gasteiger charge is -2.28. The zero-order chi connectivity index (χ0) is 21.0. The molecule has 3 rings (SSSR count). The molecule has 2 aromatic carbocycles. The summed E-state index contributed by atoms with van der Waals surface area (Å²) in [6, 6.07) is 11.6. The number of allylic oxidation sites excluding steroid dienone is 1. The number of fused-ring (bicyclic) bond motifs is 1. The number of nitro benzene ring substituents is 1. The van der Waals surface area contributed by atoms with E-state index in [2.05, 4.69) is 6.92 Å². The third-order valence-corrected chi connectivity index (χ3v) is 5.16. The zero-order valence-corrected chi connectivity index (χ0v) is 16.2. The maximum Gasteiger partial charge on any atom is 0.269 e. The van der Waals surface area contributed by atoms with Crippen LogP contribution >= 0.6 is 0 Å². The number of nitrogens with zero attached hydrogens (tertiary/aromatic N) is 2. The molecular weight excluding hydrogens is 370 g/mol. The Kier molecular flexibility index (Phi) is 6.03. The summed E-state index contributed by atoms with van der Waals surface area (Å²) < 4.78 is 5.58. The lowest BCUT2D eigenvalue weighted by atomic mass is 9.81. The Labute approximate surface area is 169 Å². The molecule has 1 unspecified atom stereocenters. The Morgan fingerprint density at radius 2 is 2.07 bits per heavy atom. The molecule has 7 heteroatoms. The van der Waals surface area contributed by atoms with Gasteiger partial charge in [0.15, 0.2) is 0 Å². The normalized spacial score (nSPS) is 15.4. The molecule has 0 radical (unpaired) electrons. The fourth-order valence-corrected chi connectivity index (χ4v) is 3.68. The van der Waals surface area contributed by atoms with Crippen LogP contribution in [0.15, 0.2) is 47.9 Å². The molecule has 0 fully saturated rings. The second kappa shape index (κ2) is 8.65. The number of benzene rings is 2. The van der Waals surface area contributed by atoms with Gasteiger partial charge in [-0.15, -0.1) is 0 Å². The number of nitro groups is 1. The topological polar surface area (TPSA) is 122 Å². The van der Waals surface area contributed by atoms with Crippen molar-refractivity contribution < 1.29 is 14.8 Å². The predicted octanol–water partition coefficient (Wildman–Crippen LogP) is 4.64. The van der Waals surface area contributed by atoms with Crippen LogP contribution in [0.1, 0.15) is 55.2 Å². The Bertz CT molecular complexity index is 1010. The SMILES string of the molecule is CCCCCCc1ccc2c(c1O)C(c1cccc([N+](=O)[O-])c1)C(C#N)=C(N)O2. The van der Waals surface area contributed by atoms with E-state index in [1.54, 1.807) is 24.3 Å². The third-order valence-electron chi connectivity index (χ3n) is 5.16. The molecule has 0 spiro atoms. The highest BCUT2D eigenvalue weighted by atomic mass is 16.6. The van der Waals surface area contributed by atoms with E-state index < -0.39 is 10.8 Å². The van der Waals surface area contributed by atoms with E-state index in [1.165, 1.54) is 12.1 Å². The minimum atomic E-state index is -0.737. The number of phenols is 1. The van der Waals surface area contributed by atoms with Crippen molar-refractivity contribution in [3.05, 3.63) is 74.7 Å². The molecule has 29 heavy (non-hydrogen) atoms. The second-order valence-electron chi connectivity index (χ2n) is 7.07. The Hall–Kier alpha value is -3.53. The predicted molar refractivity (Wildman–Crippen MR) is 108 cm³/mol. The van der Waals surface area contributed by atoms with E-state index in [1.807, 2.05) is 6.07 Å². The molecule has 1 aliphatic rings. The van der Waals surface area contributed by atoms with E-state index in [9.17, 15) is 20.5 Å². The number of aromatic hydroxyl groups is 1. The summed E-state index contributed by atoms with van der Waals surface area (Å²) in [6.45, 7) is 2.14. The van der Waals surface area contributed by atoms with E-state index in [4.69, 9.17) is 10.5 Å². The number of hydrogen-bond donors (Lipinski definition) is 2. The summed E-state index contributed by atoms with van der Waals surface area (Å²) in [5.41, 5.74) is 7.66. The van der Waals surface area contributed by atoms with E-state index in [0.29, 0.717) is 23.3 Å². The van der Waals surface area contributed by atoms with Gasteiger partial charge in [-0.25, -0.2) is 0 Å². The lowest BCUT2D eigenvalue weighted by molar-refractivity contribution is -0.384. The quantitative estimate of drug-likeness (QED) is 0.401. The number of unbranched alkanes of at least 4 members (excludes halogenated alkanes) is 3. The van der Waals surface area contributed by atoms with Crippen molar-refractivity contribution >= 4 is 5.69 Å². The summed E-state index contributed by atoms with van der Waals surface area (Å²) in [4.78, 5) is 10.7. The summed E-state index contributed by atoms with van der Waals surface area (Å²) in [5, 5.41) is 31.9. The van der Waals surface area contributed by atoms with Crippen LogP contribution in [-0.2, 0) is 6.42 Å². The van der Waals surface area contributed by atoms with Crippen LogP contribution in [0.3, 0.4) is 0 Å². The fraction of sp³-hybridized carbons (Fsp3) is 0.318. The first-order chi connectivity index (χ1) is 14.0. The maximum atomic E-state index is 11.2. The van der Waals surface area contributed by atoms with Gasteiger partial charge >= 0.3 is 0 Å². The molecule has 1 heterocycles. The highest BCUT2D eigenvalue weighted by molar-refractivity contribution is 5.62. The van der Waals surface area contributed by atoms with Crippen molar-refractivity contribution in [3.63, 3.8) is 0 Å². The van der Waals surface area contributed by atoms with Gasteiger partial charge in [-0.05, 0) is 30.0 Å². The van der Waals surface area contributed by atoms with Crippen molar-refractivity contribution in [1.29, 1.82) is 5.26 Å². The summed E-state index contributed by atoms with van der Waals surface area (Å²) >= 11 is 0. The molecule has 0 aromatic heterocycles. The van der Waals surface area contributed by atoms with Gasteiger partial charge in [0.25, 0.3) is 5.69 Å². The first-order valence-electron chi connectivity index (χ1n) is 9.64. The first kappa shape index (κ1) is 20.2. The Morgan fingerprint density at radius 3 is 2.76 bits per heavy atom. The molecule has 2 aromatic rings. The first-order valence-corrected chi connectivity index (χ1v) is 9.64. The number of non-ortho nitro benzene ring substituents is 1. The Morgan fingerprint density at radius 1 is 1.28 bits per heavy atom. The number of hydrogen-bond acceptors (Lipinski definition) is 6. The average Bonchev–Trinajstić information content (AvgIpc) is 2.71. The number of rotatable bonds is 7. The summed E-state index contributed by atoms with van der Waals surface area (Å²) in [7, 11) is 0. The number of aryl methyl sites for hydroxylation is 1. The van der Waals surface area contributed by atoms with Crippen molar-refractivity contribution in [2.24, 2.45) is 5.73 Å². The number of nitrogens with two attached hydrogens (primary N) is 1. The van der Waals surface area contributed by atoms with E-state index in [-0.39, 0.29) is 22.9 Å². The van der Waals surface area contributed by atoms with Crippen LogP contribution in [0.2, 0.25) is 0 Å². The highest BCUT2D eigenvalue weighted by Gasteiger charge is 2.34. The smallest absolute Gasteiger partial charge is 0.269 e. The van der Waals surface area contributed by atoms with Crippen LogP contribution in [0.25, 0.3) is 0 Å². The molecule has 0 aliphatic carbocycles. The molecule has 0 bridgehead atoms. The molecule has 0 saturated carbocycles. The highest BCUT2D eigenvalue weighted by Crippen LogP contribution is 2.48. The number of ether oxygens (including phenoxy) is 1. The number of phenolic OH excluding ortho intramolecular Hbond substituents is 1. The van der Waals surface area contributed by atoms with Gasteiger partial charge in [-0.3, -0.25) is 10.1 Å². The monoisotopic (exact) mass is 393 g/mol. The minimum Gasteiger partial charge on any atom is -0.507 e. The van der Waals surface area contributed by atoms with E-state index in [0.717, 1.165) is 31.2 Å². The molecule has 1 atom stereocenters.